The van der Waals surface area contributed by atoms with Gasteiger partial charge in [-0.1, -0.05) is 24.3 Å². The van der Waals surface area contributed by atoms with Crippen molar-refractivity contribution < 1.29 is 33.5 Å². The standard InChI is InChI=1S/C25H34ClN3O6S.CH3FS/c1-12(26)17(23-20(31)19(30)21(32)25(35-23)36-3)29-24(33)18-22-15(11-28-18)10-14(8-9-34-22)13-4-6-16(27-2)7-5-13;1-3-2/h4-7,12,14-15,17-23,25,28,30-32H,8-11H2,1,3H3,(H,29,33);1H3/t12-,14-,15-,17+,18-,19+,20?,21+,22+,23+,25?;/m0./s1. The van der Waals surface area contributed by atoms with E-state index >= 15 is 0 Å². The molecule has 0 aromatic heterocycles. The summed E-state index contributed by atoms with van der Waals surface area (Å²) in [5, 5.41) is 36.7. The van der Waals surface area contributed by atoms with Crippen molar-refractivity contribution in [1.29, 1.82) is 0 Å². The van der Waals surface area contributed by atoms with Gasteiger partial charge >= 0.3 is 0 Å². The molecule has 39 heavy (non-hydrogen) atoms. The number of halogens is 2. The molecule has 4 rings (SSSR count). The molecule has 2 unspecified atom stereocenters. The minimum absolute atomic E-state index is 0.134. The number of benzene rings is 1. The molecule has 0 aliphatic carbocycles. The number of nitrogens with one attached hydrogen (secondary N) is 2. The van der Waals surface area contributed by atoms with E-state index in [1.165, 1.54) is 23.6 Å². The highest BCUT2D eigenvalue weighted by molar-refractivity contribution is 7.99. The van der Waals surface area contributed by atoms with E-state index in [-0.39, 0.29) is 36.0 Å². The number of hydrogen-bond donors (Lipinski definition) is 5. The van der Waals surface area contributed by atoms with Crippen molar-refractivity contribution in [2.75, 3.05) is 25.7 Å². The minimum atomic E-state index is -1.42. The van der Waals surface area contributed by atoms with Gasteiger partial charge in [0.25, 0.3) is 0 Å². The van der Waals surface area contributed by atoms with Gasteiger partial charge in [-0.25, -0.2) is 4.85 Å². The molecule has 0 bridgehead atoms. The Morgan fingerprint density at radius 2 is 1.90 bits per heavy atom. The quantitative estimate of drug-likeness (QED) is 0.246. The van der Waals surface area contributed by atoms with Crippen LogP contribution in [0.4, 0.5) is 9.57 Å². The molecule has 0 spiro atoms. The minimum Gasteiger partial charge on any atom is -0.388 e. The predicted molar refractivity (Wildman–Crippen MR) is 152 cm³/mol. The Morgan fingerprint density at radius 1 is 1.23 bits per heavy atom. The van der Waals surface area contributed by atoms with Gasteiger partial charge in [0, 0.05) is 37.5 Å². The van der Waals surface area contributed by atoms with Crippen LogP contribution in [0.5, 0.6) is 0 Å². The molecule has 3 saturated heterocycles. The highest BCUT2D eigenvalue weighted by atomic mass is 35.5. The highest BCUT2D eigenvalue weighted by Gasteiger charge is 2.49. The second-order valence-corrected chi connectivity index (χ2v) is 11.9. The van der Waals surface area contributed by atoms with Crippen LogP contribution >= 0.6 is 35.5 Å². The van der Waals surface area contributed by atoms with Gasteiger partial charge < -0.3 is 35.4 Å². The Bertz CT molecular complexity index is 972. The number of nitrogens with zero attached hydrogens (tertiary/aromatic N) is 1. The number of ether oxygens (including phenoxy) is 2. The first-order valence-electron chi connectivity index (χ1n) is 12.8. The maximum atomic E-state index is 13.4. The van der Waals surface area contributed by atoms with Gasteiger partial charge in [-0.05, 0) is 37.5 Å². The van der Waals surface area contributed by atoms with Crippen LogP contribution in [0.3, 0.4) is 0 Å². The molecule has 9 nitrogen and oxygen atoms in total. The Kier molecular flexibility index (Phi) is 12.6. The summed E-state index contributed by atoms with van der Waals surface area (Å²) in [7, 11) is 0. The van der Waals surface area contributed by atoms with Crippen molar-refractivity contribution in [2.24, 2.45) is 5.92 Å². The number of thioether (sulfide) groups is 1. The van der Waals surface area contributed by atoms with Crippen LogP contribution in [-0.4, -0.2) is 100 Å². The molecular formula is C26H37ClFN3O6S2. The van der Waals surface area contributed by atoms with Crippen LogP contribution in [0.15, 0.2) is 24.3 Å². The van der Waals surface area contributed by atoms with Crippen LogP contribution in [0.2, 0.25) is 0 Å². The van der Waals surface area contributed by atoms with E-state index in [2.05, 4.69) is 15.5 Å². The molecule has 0 saturated carbocycles. The summed E-state index contributed by atoms with van der Waals surface area (Å²) in [6, 6.07) is 6.28. The van der Waals surface area contributed by atoms with Crippen LogP contribution in [0.25, 0.3) is 4.85 Å². The number of aliphatic hydroxyl groups is 3. The Morgan fingerprint density at radius 3 is 2.49 bits per heavy atom. The summed E-state index contributed by atoms with van der Waals surface area (Å²) in [6.07, 6.45) is -0.600. The molecule has 3 aliphatic heterocycles. The van der Waals surface area contributed by atoms with E-state index in [0.717, 1.165) is 12.8 Å². The van der Waals surface area contributed by atoms with Gasteiger partial charge in [0.05, 0.1) is 24.1 Å². The number of amides is 1. The van der Waals surface area contributed by atoms with E-state index in [4.69, 9.17) is 27.6 Å². The zero-order chi connectivity index (χ0) is 28.7. The van der Waals surface area contributed by atoms with Crippen LogP contribution in [0, 0.1) is 12.5 Å². The van der Waals surface area contributed by atoms with Gasteiger partial charge in [0.2, 0.25) is 5.91 Å². The molecule has 5 N–H and O–H groups in total. The Hall–Kier alpha value is -1.14. The van der Waals surface area contributed by atoms with Crippen LogP contribution in [0.1, 0.15) is 31.2 Å². The summed E-state index contributed by atoms with van der Waals surface area (Å²) < 4.78 is 22.2. The van der Waals surface area contributed by atoms with Gasteiger partial charge in [0.15, 0.2) is 5.69 Å². The fourth-order valence-electron chi connectivity index (χ4n) is 5.51. The van der Waals surface area contributed by atoms with Crippen molar-refractivity contribution in [1.82, 2.24) is 10.6 Å². The number of carbonyl (C=O) groups is 1. The topological polar surface area (TPSA) is 125 Å². The number of fused-ring (bicyclic) bond motifs is 1. The molecule has 3 aliphatic rings. The molecule has 13 heteroatoms. The van der Waals surface area contributed by atoms with E-state index in [1.807, 2.05) is 24.3 Å². The molecule has 218 valence electrons. The monoisotopic (exact) mass is 605 g/mol. The van der Waals surface area contributed by atoms with Crippen molar-refractivity contribution in [3.05, 3.63) is 41.2 Å². The first kappa shape index (κ1) is 32.4. The molecule has 3 heterocycles. The van der Waals surface area contributed by atoms with Gasteiger partial charge in [-0.3, -0.25) is 4.79 Å². The molecule has 1 aromatic carbocycles. The van der Waals surface area contributed by atoms with E-state index < -0.39 is 47.3 Å². The van der Waals surface area contributed by atoms with Crippen LogP contribution < -0.4 is 10.6 Å². The number of alkyl halides is 1. The summed E-state index contributed by atoms with van der Waals surface area (Å²) in [5.74, 6) is 0.105. The van der Waals surface area contributed by atoms with Crippen LogP contribution in [-0.2, 0) is 14.3 Å². The summed E-state index contributed by atoms with van der Waals surface area (Å²) in [4.78, 5) is 16.9. The highest BCUT2D eigenvalue weighted by Crippen LogP contribution is 2.37. The molecular weight excluding hydrogens is 569 g/mol. The van der Waals surface area contributed by atoms with Gasteiger partial charge in [0.1, 0.15) is 35.9 Å². The van der Waals surface area contributed by atoms with Gasteiger partial charge in [-0.2, -0.15) is 3.89 Å². The Balaban J connectivity index is 0.00000134. The van der Waals surface area contributed by atoms with Crippen molar-refractivity contribution in [3.63, 3.8) is 0 Å². The summed E-state index contributed by atoms with van der Waals surface area (Å²) in [5.41, 5.74) is 1.02. The lowest BCUT2D eigenvalue weighted by molar-refractivity contribution is -0.205. The molecule has 1 amide bonds. The third kappa shape index (κ3) is 7.78. The van der Waals surface area contributed by atoms with E-state index in [1.54, 1.807) is 13.2 Å². The molecule has 0 radical (unpaired) electrons. The normalized spacial score (nSPS) is 35.8. The van der Waals surface area contributed by atoms with Crippen molar-refractivity contribution in [2.45, 2.75) is 79.1 Å². The first-order valence-corrected chi connectivity index (χ1v) is 15.7. The maximum absolute atomic E-state index is 13.4. The largest absolute Gasteiger partial charge is 0.388 e. The van der Waals surface area contributed by atoms with Gasteiger partial charge in [-0.15, -0.1) is 23.4 Å². The Labute approximate surface area is 242 Å². The maximum Gasteiger partial charge on any atom is 0.240 e. The van der Waals surface area contributed by atoms with Crippen molar-refractivity contribution >= 4 is 47.1 Å². The predicted octanol–water partition coefficient (Wildman–Crippen LogP) is 2.60. The SMILES string of the molecule is CSF.[C-]#[N+]c1ccc([C@H]2CCO[C@@H]3[C@H](CN[C@@H]3C(=O)N[C@H]([C@H](C)Cl)[C@H]3OC(SC)[C@H](O)[C@H](O)C3O)C2)cc1. The average Bonchev–Trinajstić information content (AvgIpc) is 3.21. The van der Waals surface area contributed by atoms with Crippen molar-refractivity contribution in [3.8, 4) is 0 Å². The van der Waals surface area contributed by atoms with E-state index in [0.29, 0.717) is 18.8 Å². The first-order chi connectivity index (χ1) is 18.7. The fraction of sp³-hybridized carbons (Fsp3) is 0.692. The summed E-state index contributed by atoms with van der Waals surface area (Å²) in [6.45, 7) is 9.97. The third-order valence-electron chi connectivity index (χ3n) is 7.53. The number of rotatable bonds is 6. The average molecular weight is 606 g/mol. The lowest BCUT2D eigenvalue weighted by atomic mass is 9.85. The fourth-order valence-corrected chi connectivity index (χ4v) is 6.39. The molecule has 1 aromatic rings. The number of aliphatic hydroxyl groups excluding tert-OH is 3. The lowest BCUT2D eigenvalue weighted by Gasteiger charge is -2.44. The van der Waals surface area contributed by atoms with E-state index in [9.17, 15) is 24.0 Å². The second-order valence-electron chi connectivity index (χ2n) is 9.95. The molecule has 11 atom stereocenters. The smallest absolute Gasteiger partial charge is 0.240 e. The lowest BCUT2D eigenvalue weighted by Crippen LogP contribution is -2.65. The zero-order valence-corrected chi connectivity index (χ0v) is 24.5. The third-order valence-corrected chi connectivity index (χ3v) is 8.66. The summed E-state index contributed by atoms with van der Waals surface area (Å²) >= 11 is 7.87. The number of hydrogen-bond acceptors (Lipinski definition) is 9. The zero-order valence-electron chi connectivity index (χ0n) is 22.1. The molecule has 3 fully saturated rings. The second kappa shape index (κ2) is 15.2. The number of carbonyl (C=O) groups excluding carboxylic acids is 1.